The summed E-state index contributed by atoms with van der Waals surface area (Å²) in [5, 5.41) is 9.15. The summed E-state index contributed by atoms with van der Waals surface area (Å²) in [7, 11) is 1.27. The van der Waals surface area contributed by atoms with Gasteiger partial charge in [0, 0.05) is 29.3 Å². The second-order valence-electron chi connectivity index (χ2n) is 14.2. The van der Waals surface area contributed by atoms with Crippen LogP contribution >= 0.6 is 11.3 Å². The third kappa shape index (κ3) is 13.8. The smallest absolute Gasteiger partial charge is 0.453 e. The number of methoxy groups -OCH3 is 1. The van der Waals surface area contributed by atoms with E-state index in [0.29, 0.717) is 49.7 Å². The average Bonchev–Trinajstić information content (AvgIpc) is 3.57. The number of fused-ring (bicyclic) bond motifs is 1. The van der Waals surface area contributed by atoms with Crippen LogP contribution in [0.3, 0.4) is 0 Å². The summed E-state index contributed by atoms with van der Waals surface area (Å²) in [5.41, 5.74) is 6.25. The molecule has 4 N–H and O–H groups in total. The number of nitrogens with one attached hydrogen (secondary N) is 4. The Hall–Kier alpha value is -4.62. The Labute approximate surface area is 393 Å². The number of hydrogen-bond acceptors (Lipinski definition) is 7. The fourth-order valence-electron chi connectivity index (χ4n) is 5.81. The Morgan fingerprint density at radius 1 is 1.07 bits per heavy atom. The molecule has 3 amide bonds. The molecule has 3 heterocycles. The molecule has 3 aromatic heterocycles. The third-order valence-corrected chi connectivity index (χ3v) is 9.79. The van der Waals surface area contributed by atoms with Gasteiger partial charge in [-0.2, -0.15) is 22.3 Å². The molecule has 0 aliphatic heterocycles. The predicted octanol–water partition coefficient (Wildman–Crippen LogP) is 4.67. The van der Waals surface area contributed by atoms with Gasteiger partial charge in [0.15, 0.2) is 12.4 Å². The number of carbonyl (C=O) groups is 3. The largest absolute Gasteiger partial charge is 1.00 e. The van der Waals surface area contributed by atoms with Crippen molar-refractivity contribution in [3.8, 4) is 23.1 Å². The quantitative estimate of drug-likeness (QED) is 0.0419. The summed E-state index contributed by atoms with van der Waals surface area (Å²) in [4.78, 5) is 53.4. The minimum Gasteiger partial charge on any atom is -0.453 e. The number of rotatable bonds is 14. The summed E-state index contributed by atoms with van der Waals surface area (Å²) in [6.45, 7) is 7.53. The van der Waals surface area contributed by atoms with Crippen molar-refractivity contribution in [1.29, 1.82) is 0 Å². The van der Waals surface area contributed by atoms with Gasteiger partial charge in [-0.1, -0.05) is 51.2 Å². The van der Waals surface area contributed by atoms with E-state index in [0.717, 1.165) is 52.1 Å². The number of unbranched alkanes of at least 4 members (excludes halogenated alkanes) is 1. The summed E-state index contributed by atoms with van der Waals surface area (Å²) >= 11 is 1.45. The maximum Gasteiger partial charge on any atom is 1.00 e. The third-order valence-electron chi connectivity index (χ3n) is 9.08. The van der Waals surface area contributed by atoms with Crippen LogP contribution in [0.1, 0.15) is 87.3 Å². The van der Waals surface area contributed by atoms with Crippen LogP contribution in [0.15, 0.2) is 65.5 Å². The normalized spacial score (nSPS) is 13.0. The molecule has 14 heteroatoms. The predicted molar refractivity (Wildman–Crippen MR) is 219 cm³/mol. The second kappa shape index (κ2) is 22.4. The first-order valence-electron chi connectivity index (χ1n) is 17.9. The molecule has 11 nitrogen and oxygen atoms in total. The molecule has 0 spiro atoms. The SMILES string of the molecule is COC(=O)NC(C(=O)NCCC[CH-]c1ncc(-c2ccc(C#Cc3ccc4nc(C=[N+](CC5(C)CC5)C(=O)CC(C)C)[nH]c4c3)cc2)[nH]1)c1ccsc1.[CH3-].[CH3-].[Cm].[Cs+]. The Bertz CT molecular complexity index is 2160. The van der Waals surface area contributed by atoms with Crippen LogP contribution in [0, 0.1) is 44.4 Å². The Balaban J connectivity index is 0.00000280. The molecule has 1 fully saturated rings. The van der Waals surface area contributed by atoms with E-state index in [1.807, 2.05) is 70.4 Å². The van der Waals surface area contributed by atoms with Gasteiger partial charge < -0.3 is 46.6 Å². The van der Waals surface area contributed by atoms with E-state index in [1.54, 1.807) is 12.3 Å². The van der Waals surface area contributed by atoms with Crippen LogP contribution < -0.4 is 79.5 Å². The van der Waals surface area contributed by atoms with Crippen molar-refractivity contribution in [2.24, 2.45) is 11.3 Å². The molecule has 0 saturated heterocycles. The maximum absolute atomic E-state index is 13.0. The van der Waals surface area contributed by atoms with E-state index in [4.69, 9.17) is 4.98 Å². The van der Waals surface area contributed by atoms with Crippen LogP contribution in [-0.2, 0) is 14.3 Å². The summed E-state index contributed by atoms with van der Waals surface area (Å²) in [6.07, 6.45) is 9.20. The average molecular weight is 1140 g/mol. The maximum atomic E-state index is 13.0. The van der Waals surface area contributed by atoms with Gasteiger partial charge >= 0.3 is 80.9 Å². The number of hydrogen-bond donors (Lipinski definition) is 4. The molecule has 298 valence electrons. The summed E-state index contributed by atoms with van der Waals surface area (Å²) in [6, 6.07) is 14.9. The van der Waals surface area contributed by atoms with Gasteiger partial charge in [-0.05, 0) is 82.9 Å². The fraction of sp³-hybridized carbons (Fsp3) is 0.326. The molecule has 6 rings (SSSR count). The van der Waals surface area contributed by atoms with Gasteiger partial charge in [0.25, 0.3) is 0 Å². The molecule has 1 saturated carbocycles. The number of benzene rings is 2. The van der Waals surface area contributed by atoms with E-state index < -0.39 is 12.1 Å². The monoisotopic (exact) mass is 1140 g/mol. The molecule has 2 aromatic carbocycles. The zero-order valence-electron chi connectivity index (χ0n) is 33.8. The van der Waals surface area contributed by atoms with Crippen molar-refractivity contribution >= 4 is 46.5 Å². The number of ether oxygens (including phenoxy) is 1. The van der Waals surface area contributed by atoms with Gasteiger partial charge in [0.2, 0.25) is 12.1 Å². The van der Waals surface area contributed by atoms with Gasteiger partial charge in [-0.25, -0.2) is 14.6 Å². The Kier molecular flexibility index (Phi) is 19.0. The first kappa shape index (κ1) is 48.5. The number of aromatic amines is 2. The van der Waals surface area contributed by atoms with Gasteiger partial charge in [0.1, 0.15) is 6.04 Å². The zero-order chi connectivity index (χ0) is 37.4. The van der Waals surface area contributed by atoms with Crippen LogP contribution in [0.4, 0.5) is 4.79 Å². The number of amides is 3. The molecule has 0 bridgehead atoms. The molecule has 0 radical (unpaired) electrons. The van der Waals surface area contributed by atoms with Gasteiger partial charge in [-0.15, -0.1) is 0 Å². The number of aromatic nitrogens is 4. The number of nitrogens with zero attached hydrogens (tertiary/aromatic N) is 3. The number of carbonyl (C=O) groups excluding carboxylic acids is 3. The van der Waals surface area contributed by atoms with Crippen LogP contribution in [0.5, 0.6) is 0 Å². The minimum absolute atomic E-state index is 0. The van der Waals surface area contributed by atoms with Crippen LogP contribution in [0.25, 0.3) is 22.3 Å². The molecular weight excluding hydrogens is 1090 g/mol. The van der Waals surface area contributed by atoms with E-state index in [-0.39, 0.29) is 101 Å². The van der Waals surface area contributed by atoms with E-state index in [9.17, 15) is 14.4 Å². The minimum atomic E-state index is -0.808. The summed E-state index contributed by atoms with van der Waals surface area (Å²) in [5.74, 6) is 8.07. The van der Waals surface area contributed by atoms with E-state index >= 15 is 0 Å². The first-order chi connectivity index (χ1) is 25.6. The van der Waals surface area contributed by atoms with Crippen LogP contribution in [-0.4, -0.2) is 68.8 Å². The topological polar surface area (TPSA) is 145 Å². The molecule has 1 aliphatic carbocycles. The first-order valence-corrected chi connectivity index (χ1v) is 18.8. The van der Waals surface area contributed by atoms with Crippen molar-refractivity contribution in [1.82, 2.24) is 30.6 Å². The van der Waals surface area contributed by atoms with E-state index in [1.165, 1.54) is 18.4 Å². The number of H-pyrrole nitrogens is 2. The zero-order valence-corrected chi connectivity index (χ0v) is 43.9. The van der Waals surface area contributed by atoms with Crippen LogP contribution in [0.2, 0.25) is 0 Å². The molecule has 57 heavy (non-hydrogen) atoms. The van der Waals surface area contributed by atoms with Gasteiger partial charge in [0.05, 0.1) is 30.3 Å². The van der Waals surface area contributed by atoms with Crippen molar-refractivity contribution in [3.63, 3.8) is 0 Å². The van der Waals surface area contributed by atoms with E-state index in [2.05, 4.69) is 62.9 Å². The standard InChI is InChI=1S/C41H44N7O4S.2CH3.Cm.Cs/c1-27(2)21-37(49)48(26-41(3)17-18-41)24-36-44-32-15-12-29(22-33(32)45-36)9-8-28-10-13-30(14-11-28)34-23-43-35(46-34)7-5-6-19-42-39(50)38(47-40(51)52-4)31-16-20-53-25-31;;;;/h7,10-16,20,22-25,27,38H,5-6,17-19,21,26H2,1-4H3,(H3,42,43,45,46,47,50,51);2*1H3;;/q3*-1;;+1/p+1. The molecular formula is C43H51CmCsN7O4S-. The molecule has 1 unspecified atom stereocenters. The van der Waals surface area contributed by atoms with Gasteiger partial charge in [-0.3, -0.25) is 9.78 Å². The second-order valence-corrected chi connectivity index (χ2v) is 15.0. The Morgan fingerprint density at radius 2 is 1.79 bits per heavy atom. The van der Waals surface area contributed by atoms with Crippen molar-refractivity contribution < 1.29 is 92.6 Å². The summed E-state index contributed by atoms with van der Waals surface area (Å²) < 4.78 is 6.52. The molecule has 5 aromatic rings. The molecule has 1 atom stereocenters. The van der Waals surface area contributed by atoms with Crippen molar-refractivity contribution in [2.45, 2.75) is 58.9 Å². The van der Waals surface area contributed by atoms with Crippen molar-refractivity contribution in [3.05, 3.63) is 115 Å². The molecule has 1 aliphatic rings. The Morgan fingerprint density at radius 3 is 2.46 bits per heavy atom. The fourth-order valence-corrected chi connectivity index (χ4v) is 6.49. The number of imidazole rings is 2. The number of alkyl carbamates (subject to hydrolysis) is 1. The van der Waals surface area contributed by atoms with Crippen molar-refractivity contribution in [2.75, 3.05) is 20.2 Å². The number of thiophene rings is 1.